The van der Waals surface area contributed by atoms with Crippen LogP contribution in [0.15, 0.2) is 18.2 Å². The fourth-order valence-electron chi connectivity index (χ4n) is 1.89. The van der Waals surface area contributed by atoms with Crippen LogP contribution in [0, 0.1) is 6.92 Å². The standard InChI is InChI=1S/C11H14ClNO2S/c1-8-10(12)3-2-4-11(8)13-9-5-6-16(14,15)7-9/h2-4,9,13H,5-7H2,1H3. The number of benzene rings is 1. The van der Waals surface area contributed by atoms with Gasteiger partial charge < -0.3 is 5.32 Å². The SMILES string of the molecule is Cc1c(Cl)cccc1NC1CCS(=O)(=O)C1. The summed E-state index contributed by atoms with van der Waals surface area (Å²) in [5.74, 6) is 0.503. The number of hydrogen-bond donors (Lipinski definition) is 1. The Balaban J connectivity index is 2.14. The first-order valence-corrected chi connectivity index (χ1v) is 7.40. The van der Waals surface area contributed by atoms with E-state index in [4.69, 9.17) is 11.6 Å². The summed E-state index contributed by atoms with van der Waals surface area (Å²) in [6.07, 6.45) is 0.675. The number of anilines is 1. The smallest absolute Gasteiger partial charge is 0.152 e. The van der Waals surface area contributed by atoms with Crippen LogP contribution in [0.25, 0.3) is 0 Å². The van der Waals surface area contributed by atoms with Gasteiger partial charge in [-0.2, -0.15) is 0 Å². The van der Waals surface area contributed by atoms with E-state index in [1.807, 2.05) is 25.1 Å². The van der Waals surface area contributed by atoms with Gasteiger partial charge in [-0.05, 0) is 31.0 Å². The lowest BCUT2D eigenvalue weighted by molar-refractivity contribution is 0.602. The molecule has 1 saturated heterocycles. The summed E-state index contributed by atoms with van der Waals surface area (Å²) in [5, 5.41) is 3.94. The van der Waals surface area contributed by atoms with E-state index >= 15 is 0 Å². The maximum Gasteiger partial charge on any atom is 0.152 e. The average Bonchev–Trinajstić information content (AvgIpc) is 2.53. The van der Waals surface area contributed by atoms with Crippen LogP contribution in [-0.2, 0) is 9.84 Å². The molecular formula is C11H14ClNO2S. The maximum atomic E-state index is 11.3. The Labute approximate surface area is 101 Å². The Hall–Kier alpha value is -0.740. The van der Waals surface area contributed by atoms with Crippen molar-refractivity contribution in [3.05, 3.63) is 28.8 Å². The van der Waals surface area contributed by atoms with E-state index in [-0.39, 0.29) is 17.5 Å². The van der Waals surface area contributed by atoms with Gasteiger partial charge in [0.05, 0.1) is 11.5 Å². The van der Waals surface area contributed by atoms with Crippen molar-refractivity contribution in [2.75, 3.05) is 16.8 Å². The van der Waals surface area contributed by atoms with E-state index < -0.39 is 9.84 Å². The monoisotopic (exact) mass is 259 g/mol. The molecule has 0 amide bonds. The second kappa shape index (κ2) is 4.26. The summed E-state index contributed by atoms with van der Waals surface area (Å²) in [5.41, 5.74) is 1.89. The molecule has 16 heavy (non-hydrogen) atoms. The minimum absolute atomic E-state index is 0.0159. The van der Waals surface area contributed by atoms with Gasteiger partial charge in [0, 0.05) is 16.8 Å². The Bertz CT molecular complexity index is 499. The van der Waals surface area contributed by atoms with Crippen molar-refractivity contribution < 1.29 is 8.42 Å². The van der Waals surface area contributed by atoms with Gasteiger partial charge in [0.25, 0.3) is 0 Å². The third kappa shape index (κ3) is 2.50. The lowest BCUT2D eigenvalue weighted by atomic mass is 10.1. The molecule has 1 aromatic rings. The average molecular weight is 260 g/mol. The largest absolute Gasteiger partial charge is 0.381 e. The zero-order chi connectivity index (χ0) is 11.8. The van der Waals surface area contributed by atoms with E-state index in [1.54, 1.807) is 0 Å². The predicted molar refractivity (Wildman–Crippen MR) is 66.9 cm³/mol. The second-order valence-electron chi connectivity index (χ2n) is 4.16. The molecule has 1 unspecified atom stereocenters. The molecule has 1 aliphatic heterocycles. The zero-order valence-corrected chi connectivity index (χ0v) is 10.6. The van der Waals surface area contributed by atoms with Crippen molar-refractivity contribution in [1.82, 2.24) is 0 Å². The summed E-state index contributed by atoms with van der Waals surface area (Å²) in [6, 6.07) is 5.63. The van der Waals surface area contributed by atoms with E-state index in [0.29, 0.717) is 11.4 Å². The predicted octanol–water partition coefficient (Wildman–Crippen LogP) is 2.25. The molecular weight excluding hydrogens is 246 g/mol. The van der Waals surface area contributed by atoms with E-state index in [0.717, 1.165) is 11.3 Å². The van der Waals surface area contributed by atoms with Crippen LogP contribution in [0.1, 0.15) is 12.0 Å². The normalized spacial score (nSPS) is 23.2. The molecule has 0 aliphatic carbocycles. The molecule has 1 atom stereocenters. The number of hydrogen-bond acceptors (Lipinski definition) is 3. The van der Waals surface area contributed by atoms with Gasteiger partial charge >= 0.3 is 0 Å². The molecule has 1 fully saturated rings. The summed E-state index contributed by atoms with van der Waals surface area (Å²) in [4.78, 5) is 0. The Morgan fingerprint density at radius 1 is 1.44 bits per heavy atom. The minimum atomic E-state index is -2.83. The fraction of sp³-hybridized carbons (Fsp3) is 0.455. The second-order valence-corrected chi connectivity index (χ2v) is 6.79. The van der Waals surface area contributed by atoms with Gasteiger partial charge in [-0.3, -0.25) is 0 Å². The van der Waals surface area contributed by atoms with Crippen LogP contribution in [0.3, 0.4) is 0 Å². The highest BCUT2D eigenvalue weighted by atomic mass is 35.5. The molecule has 0 aromatic heterocycles. The van der Waals surface area contributed by atoms with Crippen molar-refractivity contribution in [2.24, 2.45) is 0 Å². The van der Waals surface area contributed by atoms with Gasteiger partial charge in [-0.1, -0.05) is 17.7 Å². The number of sulfone groups is 1. The summed E-state index contributed by atoms with van der Waals surface area (Å²) < 4.78 is 22.6. The molecule has 5 heteroatoms. The van der Waals surface area contributed by atoms with Crippen molar-refractivity contribution in [3.63, 3.8) is 0 Å². The molecule has 1 heterocycles. The molecule has 3 nitrogen and oxygen atoms in total. The lowest BCUT2D eigenvalue weighted by Gasteiger charge is -2.15. The minimum Gasteiger partial charge on any atom is -0.381 e. The first-order chi connectivity index (χ1) is 7.48. The van der Waals surface area contributed by atoms with Gasteiger partial charge in [-0.15, -0.1) is 0 Å². The van der Waals surface area contributed by atoms with Gasteiger partial charge in [0.1, 0.15) is 0 Å². The molecule has 1 N–H and O–H groups in total. The zero-order valence-electron chi connectivity index (χ0n) is 9.03. The highest BCUT2D eigenvalue weighted by Crippen LogP contribution is 2.25. The van der Waals surface area contributed by atoms with E-state index in [1.165, 1.54) is 0 Å². The van der Waals surface area contributed by atoms with Gasteiger partial charge in [-0.25, -0.2) is 8.42 Å². The first-order valence-electron chi connectivity index (χ1n) is 5.20. The van der Waals surface area contributed by atoms with Crippen molar-refractivity contribution >= 4 is 27.1 Å². The topological polar surface area (TPSA) is 46.2 Å². The van der Waals surface area contributed by atoms with Gasteiger partial charge in [0.15, 0.2) is 9.84 Å². The quantitative estimate of drug-likeness (QED) is 0.886. The Kier molecular flexibility index (Phi) is 3.13. The Morgan fingerprint density at radius 2 is 2.19 bits per heavy atom. The third-order valence-electron chi connectivity index (χ3n) is 2.86. The molecule has 1 aliphatic rings. The van der Waals surface area contributed by atoms with Gasteiger partial charge in [0.2, 0.25) is 0 Å². The highest BCUT2D eigenvalue weighted by Gasteiger charge is 2.27. The molecule has 0 spiro atoms. The number of nitrogens with one attached hydrogen (secondary N) is 1. The Morgan fingerprint density at radius 3 is 2.81 bits per heavy atom. The third-order valence-corrected chi connectivity index (χ3v) is 5.04. The summed E-state index contributed by atoms with van der Waals surface area (Å²) in [7, 11) is -2.83. The van der Waals surface area contributed by atoms with Crippen LogP contribution in [0.5, 0.6) is 0 Å². The highest BCUT2D eigenvalue weighted by molar-refractivity contribution is 7.91. The van der Waals surface area contributed by atoms with Crippen LogP contribution < -0.4 is 5.32 Å². The molecule has 2 rings (SSSR count). The molecule has 1 aromatic carbocycles. The van der Waals surface area contributed by atoms with E-state index in [9.17, 15) is 8.42 Å². The maximum absolute atomic E-state index is 11.3. The number of rotatable bonds is 2. The molecule has 0 radical (unpaired) electrons. The van der Waals surface area contributed by atoms with Crippen LogP contribution in [0.2, 0.25) is 5.02 Å². The molecule has 88 valence electrons. The van der Waals surface area contributed by atoms with Crippen molar-refractivity contribution in [3.8, 4) is 0 Å². The summed E-state index contributed by atoms with van der Waals surface area (Å²) in [6.45, 7) is 1.92. The fourth-order valence-corrected chi connectivity index (χ4v) is 3.74. The summed E-state index contributed by atoms with van der Waals surface area (Å²) >= 11 is 6.00. The lowest BCUT2D eigenvalue weighted by Crippen LogP contribution is -2.21. The van der Waals surface area contributed by atoms with Crippen LogP contribution >= 0.6 is 11.6 Å². The van der Waals surface area contributed by atoms with Crippen molar-refractivity contribution in [1.29, 1.82) is 0 Å². The van der Waals surface area contributed by atoms with E-state index in [2.05, 4.69) is 5.32 Å². The van der Waals surface area contributed by atoms with Crippen LogP contribution in [-0.4, -0.2) is 26.0 Å². The molecule has 0 saturated carbocycles. The first kappa shape index (κ1) is 11.7. The number of halogens is 1. The van der Waals surface area contributed by atoms with Crippen molar-refractivity contribution in [2.45, 2.75) is 19.4 Å². The molecule has 0 bridgehead atoms. The van der Waals surface area contributed by atoms with Crippen LogP contribution in [0.4, 0.5) is 5.69 Å².